The van der Waals surface area contributed by atoms with Gasteiger partial charge in [-0.15, -0.1) is 21.5 Å². The van der Waals surface area contributed by atoms with Gasteiger partial charge >= 0.3 is 5.97 Å². The van der Waals surface area contributed by atoms with E-state index in [1.165, 1.54) is 11.3 Å². The van der Waals surface area contributed by atoms with Crippen LogP contribution < -0.4 is 0 Å². The van der Waals surface area contributed by atoms with Crippen LogP contribution in [0.4, 0.5) is 0 Å². The monoisotopic (exact) mass is 315 g/mol. The van der Waals surface area contributed by atoms with Crippen LogP contribution in [-0.2, 0) is 4.74 Å². The third-order valence-corrected chi connectivity index (χ3v) is 3.91. The van der Waals surface area contributed by atoms with E-state index < -0.39 is 5.97 Å². The molecule has 3 rings (SSSR count). The zero-order chi connectivity index (χ0) is 15.5. The maximum absolute atomic E-state index is 12.1. The lowest BCUT2D eigenvalue weighted by molar-refractivity contribution is 0.0337. The average Bonchev–Trinajstić information content (AvgIpc) is 3.18. The zero-order valence-corrected chi connectivity index (χ0v) is 12.8. The molecule has 0 saturated carbocycles. The van der Waals surface area contributed by atoms with Crippen molar-refractivity contribution in [2.75, 3.05) is 0 Å². The van der Waals surface area contributed by atoms with Crippen LogP contribution in [0.1, 0.15) is 34.3 Å². The number of ether oxygens (including phenoxy) is 1. The summed E-state index contributed by atoms with van der Waals surface area (Å²) in [6, 6.07) is 6.84. The van der Waals surface area contributed by atoms with Crippen molar-refractivity contribution in [2.45, 2.75) is 20.0 Å². The SMILES string of the molecule is Cc1nnc(-c2ccc(C(=O)O[C@H](C)c3nccs3)cc2)o1. The molecule has 0 fully saturated rings. The van der Waals surface area contributed by atoms with Crippen LogP contribution in [0.15, 0.2) is 40.3 Å². The Morgan fingerprint density at radius 3 is 2.64 bits per heavy atom. The van der Waals surface area contributed by atoms with Gasteiger partial charge in [0, 0.05) is 24.1 Å². The smallest absolute Gasteiger partial charge is 0.338 e. The van der Waals surface area contributed by atoms with Crippen LogP contribution in [0.3, 0.4) is 0 Å². The lowest BCUT2D eigenvalue weighted by Crippen LogP contribution is -2.08. The van der Waals surface area contributed by atoms with Crippen LogP contribution in [0.2, 0.25) is 0 Å². The van der Waals surface area contributed by atoms with E-state index in [0.29, 0.717) is 17.3 Å². The molecule has 0 spiro atoms. The largest absolute Gasteiger partial charge is 0.452 e. The van der Waals surface area contributed by atoms with Gasteiger partial charge in [0.05, 0.1) is 5.56 Å². The number of carbonyl (C=O) groups is 1. The fourth-order valence-electron chi connectivity index (χ4n) is 1.88. The molecule has 0 unspecified atom stereocenters. The van der Waals surface area contributed by atoms with Crippen molar-refractivity contribution < 1.29 is 13.9 Å². The van der Waals surface area contributed by atoms with Gasteiger partial charge in [-0.1, -0.05) is 0 Å². The third-order valence-electron chi connectivity index (χ3n) is 2.98. The second-order valence-electron chi connectivity index (χ2n) is 4.62. The molecule has 1 atom stereocenters. The van der Waals surface area contributed by atoms with Crippen molar-refractivity contribution in [1.29, 1.82) is 0 Å². The molecule has 2 aromatic heterocycles. The maximum atomic E-state index is 12.1. The van der Waals surface area contributed by atoms with Crippen LogP contribution >= 0.6 is 11.3 Å². The summed E-state index contributed by atoms with van der Waals surface area (Å²) in [4.78, 5) is 16.2. The fraction of sp³-hybridized carbons (Fsp3) is 0.200. The minimum atomic E-state index is -0.393. The molecule has 1 aromatic carbocycles. The number of hydrogen-bond donors (Lipinski definition) is 0. The van der Waals surface area contributed by atoms with E-state index >= 15 is 0 Å². The molecule has 112 valence electrons. The Kier molecular flexibility index (Phi) is 3.97. The fourth-order valence-corrected chi connectivity index (χ4v) is 2.50. The van der Waals surface area contributed by atoms with Crippen LogP contribution in [-0.4, -0.2) is 21.2 Å². The Morgan fingerprint density at radius 2 is 2.05 bits per heavy atom. The van der Waals surface area contributed by atoms with Crippen LogP contribution in [0.5, 0.6) is 0 Å². The first-order chi connectivity index (χ1) is 10.6. The molecule has 0 N–H and O–H groups in total. The number of thiazole rings is 1. The van der Waals surface area contributed by atoms with Crippen LogP contribution in [0, 0.1) is 6.92 Å². The summed E-state index contributed by atoms with van der Waals surface area (Å²) in [7, 11) is 0. The number of aryl methyl sites for hydroxylation is 1. The van der Waals surface area contributed by atoms with Crippen molar-refractivity contribution in [3.05, 3.63) is 52.3 Å². The Morgan fingerprint density at radius 1 is 1.27 bits per heavy atom. The maximum Gasteiger partial charge on any atom is 0.338 e. The number of esters is 1. The minimum absolute atomic E-state index is 0.370. The van der Waals surface area contributed by atoms with Gasteiger partial charge in [-0.05, 0) is 31.2 Å². The number of carbonyl (C=O) groups excluding carboxylic acids is 1. The van der Waals surface area contributed by atoms with Gasteiger partial charge < -0.3 is 9.15 Å². The molecule has 0 aliphatic heterocycles. The molecular weight excluding hydrogens is 302 g/mol. The summed E-state index contributed by atoms with van der Waals surface area (Å²) in [5, 5.41) is 10.3. The molecule has 0 radical (unpaired) electrons. The molecule has 22 heavy (non-hydrogen) atoms. The van der Waals surface area contributed by atoms with E-state index in [4.69, 9.17) is 9.15 Å². The number of benzene rings is 1. The lowest BCUT2D eigenvalue weighted by atomic mass is 10.1. The van der Waals surface area contributed by atoms with Gasteiger partial charge in [0.2, 0.25) is 11.8 Å². The molecule has 7 heteroatoms. The highest BCUT2D eigenvalue weighted by atomic mass is 32.1. The molecule has 3 aromatic rings. The molecule has 0 bridgehead atoms. The minimum Gasteiger partial charge on any atom is -0.452 e. The lowest BCUT2D eigenvalue weighted by Gasteiger charge is -2.10. The first-order valence-electron chi connectivity index (χ1n) is 6.64. The van der Waals surface area contributed by atoms with Crippen LogP contribution in [0.25, 0.3) is 11.5 Å². The number of rotatable bonds is 4. The molecule has 6 nitrogen and oxygen atoms in total. The van der Waals surface area contributed by atoms with E-state index in [-0.39, 0.29) is 6.10 Å². The summed E-state index contributed by atoms with van der Waals surface area (Å²) in [6.07, 6.45) is 1.32. The molecular formula is C15H13N3O3S. The van der Waals surface area contributed by atoms with E-state index in [1.54, 1.807) is 44.3 Å². The number of aromatic nitrogens is 3. The van der Waals surface area contributed by atoms with E-state index in [9.17, 15) is 4.79 Å². The highest BCUT2D eigenvalue weighted by Gasteiger charge is 2.16. The Bertz CT molecular complexity index is 766. The Balaban J connectivity index is 1.71. The van der Waals surface area contributed by atoms with Gasteiger partial charge in [0.1, 0.15) is 5.01 Å². The van der Waals surface area contributed by atoms with E-state index in [2.05, 4.69) is 15.2 Å². The standard InChI is InChI=1S/C15H13N3O3S/c1-9(14-16-7-8-22-14)20-15(19)12-5-3-11(4-6-12)13-18-17-10(2)21-13/h3-9H,1-2H3/t9-/m1/s1. The zero-order valence-electron chi connectivity index (χ0n) is 12.0. The quantitative estimate of drug-likeness (QED) is 0.686. The Labute approximate surface area is 130 Å². The summed E-state index contributed by atoms with van der Waals surface area (Å²) in [6.45, 7) is 3.52. The van der Waals surface area contributed by atoms with Gasteiger partial charge in [0.25, 0.3) is 0 Å². The van der Waals surface area contributed by atoms with Crippen molar-refractivity contribution >= 4 is 17.3 Å². The van der Waals surface area contributed by atoms with Crippen molar-refractivity contribution in [3.63, 3.8) is 0 Å². The Hall–Kier alpha value is -2.54. The molecule has 0 aliphatic rings. The summed E-state index contributed by atoms with van der Waals surface area (Å²) >= 11 is 1.45. The number of hydrogen-bond acceptors (Lipinski definition) is 7. The molecule has 0 aliphatic carbocycles. The van der Waals surface area contributed by atoms with E-state index in [1.807, 2.05) is 5.38 Å². The summed E-state index contributed by atoms with van der Waals surface area (Å²) in [5.74, 6) is 0.528. The van der Waals surface area contributed by atoms with Gasteiger partial charge in [-0.2, -0.15) is 0 Å². The van der Waals surface area contributed by atoms with Crippen molar-refractivity contribution in [2.24, 2.45) is 0 Å². The first kappa shape index (κ1) is 14.4. The van der Waals surface area contributed by atoms with Gasteiger partial charge in [0.15, 0.2) is 6.10 Å². The third kappa shape index (κ3) is 3.04. The predicted molar refractivity (Wildman–Crippen MR) is 80.4 cm³/mol. The predicted octanol–water partition coefficient (Wildman–Crippen LogP) is 3.42. The number of nitrogens with zero attached hydrogens (tertiary/aromatic N) is 3. The van der Waals surface area contributed by atoms with Gasteiger partial charge in [-0.3, -0.25) is 0 Å². The second kappa shape index (κ2) is 6.07. The molecule has 2 heterocycles. The highest BCUT2D eigenvalue weighted by molar-refractivity contribution is 7.09. The van der Waals surface area contributed by atoms with Crippen molar-refractivity contribution in [1.82, 2.24) is 15.2 Å². The molecule has 0 saturated heterocycles. The van der Waals surface area contributed by atoms with E-state index in [0.717, 1.165) is 10.6 Å². The van der Waals surface area contributed by atoms with Gasteiger partial charge in [-0.25, -0.2) is 9.78 Å². The summed E-state index contributed by atoms with van der Waals surface area (Å²) < 4.78 is 10.7. The average molecular weight is 315 g/mol. The molecule has 0 amide bonds. The highest BCUT2D eigenvalue weighted by Crippen LogP contribution is 2.22. The first-order valence-corrected chi connectivity index (χ1v) is 7.52. The topological polar surface area (TPSA) is 78.1 Å². The normalized spacial score (nSPS) is 12.1. The van der Waals surface area contributed by atoms with Crippen molar-refractivity contribution in [3.8, 4) is 11.5 Å². The summed E-state index contributed by atoms with van der Waals surface area (Å²) in [5.41, 5.74) is 1.22. The second-order valence-corrected chi connectivity index (χ2v) is 5.55.